The lowest BCUT2D eigenvalue weighted by Gasteiger charge is -2.32. The van der Waals surface area contributed by atoms with Gasteiger partial charge in [-0.05, 0) is 32.9 Å². The Morgan fingerprint density at radius 2 is 2.07 bits per heavy atom. The van der Waals surface area contributed by atoms with Crippen LogP contribution in [0.25, 0.3) is 0 Å². The lowest BCUT2D eigenvalue weighted by molar-refractivity contribution is -0.131. The highest BCUT2D eigenvalue weighted by molar-refractivity contribution is 5.82. The predicted octanol–water partition coefficient (Wildman–Crippen LogP) is 1.07. The zero-order valence-corrected chi connectivity index (χ0v) is 9.15. The Balaban J connectivity index is 2.45. The quantitative estimate of drug-likeness (QED) is 0.663. The fourth-order valence-corrected chi connectivity index (χ4v) is 1.65. The van der Waals surface area contributed by atoms with Crippen LogP contribution in [-0.4, -0.2) is 25.5 Å². The number of hydrogen-bond donors (Lipinski definition) is 2. The zero-order chi connectivity index (χ0) is 10.6. The first-order valence-electron chi connectivity index (χ1n) is 5.18. The monoisotopic (exact) mass is 196 g/mol. The van der Waals surface area contributed by atoms with Crippen molar-refractivity contribution < 1.29 is 4.79 Å². The van der Waals surface area contributed by atoms with E-state index in [0.29, 0.717) is 6.54 Å². The fraction of sp³-hybridized carbons (Fsp3) is 0.727. The number of amides is 1. The molecule has 0 aromatic carbocycles. The molecule has 1 heterocycles. The van der Waals surface area contributed by atoms with Gasteiger partial charge in [0.05, 0.1) is 0 Å². The molecule has 14 heavy (non-hydrogen) atoms. The molecule has 0 aromatic rings. The summed E-state index contributed by atoms with van der Waals surface area (Å²) < 4.78 is 0. The van der Waals surface area contributed by atoms with E-state index in [1.165, 1.54) is 0 Å². The minimum absolute atomic E-state index is 0.169. The Kier molecular flexibility index (Phi) is 3.69. The van der Waals surface area contributed by atoms with Gasteiger partial charge >= 0.3 is 0 Å². The highest BCUT2D eigenvalue weighted by Crippen LogP contribution is 2.27. The van der Waals surface area contributed by atoms with Crippen LogP contribution in [0.5, 0.6) is 0 Å². The van der Waals surface area contributed by atoms with Crippen molar-refractivity contribution in [1.29, 1.82) is 0 Å². The molecule has 0 aliphatic carbocycles. The Morgan fingerprint density at radius 3 is 2.57 bits per heavy atom. The topological polar surface area (TPSA) is 41.1 Å². The van der Waals surface area contributed by atoms with Gasteiger partial charge in [-0.1, -0.05) is 19.1 Å². The lowest BCUT2D eigenvalue weighted by Crippen LogP contribution is -2.46. The van der Waals surface area contributed by atoms with Crippen LogP contribution in [0.2, 0.25) is 0 Å². The smallest absolute Gasteiger partial charge is 0.226 e. The van der Waals surface area contributed by atoms with Crippen LogP contribution in [-0.2, 0) is 4.79 Å². The second-order valence-electron chi connectivity index (χ2n) is 4.45. The van der Waals surface area contributed by atoms with Gasteiger partial charge in [-0.2, -0.15) is 0 Å². The summed E-state index contributed by atoms with van der Waals surface area (Å²) in [6.45, 7) is 10.2. The van der Waals surface area contributed by atoms with E-state index in [4.69, 9.17) is 0 Å². The molecule has 1 amide bonds. The Bertz CT molecular complexity index is 229. The van der Waals surface area contributed by atoms with E-state index in [0.717, 1.165) is 31.5 Å². The van der Waals surface area contributed by atoms with Gasteiger partial charge in [0.25, 0.3) is 0 Å². The van der Waals surface area contributed by atoms with Crippen molar-refractivity contribution in [2.45, 2.75) is 26.7 Å². The molecule has 0 atom stereocenters. The molecule has 1 fully saturated rings. The number of nitrogens with one attached hydrogen (secondary N) is 2. The van der Waals surface area contributed by atoms with E-state index >= 15 is 0 Å². The second kappa shape index (κ2) is 4.60. The molecule has 1 aliphatic heterocycles. The van der Waals surface area contributed by atoms with Crippen molar-refractivity contribution in [1.82, 2.24) is 10.6 Å². The van der Waals surface area contributed by atoms with E-state index in [1.54, 1.807) is 0 Å². The SMILES string of the molecule is C=C(C)CNC(=O)C1(C)CCNCC1. The van der Waals surface area contributed by atoms with Crippen LogP contribution in [0, 0.1) is 5.41 Å². The summed E-state index contributed by atoms with van der Waals surface area (Å²) in [5, 5.41) is 6.19. The van der Waals surface area contributed by atoms with Crippen LogP contribution < -0.4 is 10.6 Å². The zero-order valence-electron chi connectivity index (χ0n) is 9.15. The van der Waals surface area contributed by atoms with Crippen molar-refractivity contribution in [2.24, 2.45) is 5.41 Å². The van der Waals surface area contributed by atoms with Crippen LogP contribution in [0.15, 0.2) is 12.2 Å². The summed E-state index contributed by atoms with van der Waals surface area (Å²) in [5.41, 5.74) is 0.816. The second-order valence-corrected chi connectivity index (χ2v) is 4.45. The maximum absolute atomic E-state index is 11.8. The van der Waals surface area contributed by atoms with Gasteiger partial charge in [0.1, 0.15) is 0 Å². The Hall–Kier alpha value is -0.830. The van der Waals surface area contributed by atoms with Gasteiger partial charge in [0.15, 0.2) is 0 Å². The first kappa shape index (κ1) is 11.2. The van der Waals surface area contributed by atoms with Gasteiger partial charge in [-0.3, -0.25) is 4.79 Å². The molecular weight excluding hydrogens is 176 g/mol. The van der Waals surface area contributed by atoms with Gasteiger partial charge in [-0.15, -0.1) is 0 Å². The van der Waals surface area contributed by atoms with Gasteiger partial charge < -0.3 is 10.6 Å². The number of hydrogen-bond acceptors (Lipinski definition) is 2. The van der Waals surface area contributed by atoms with Gasteiger partial charge in [0.2, 0.25) is 5.91 Å². The molecule has 0 bridgehead atoms. The van der Waals surface area contributed by atoms with Crippen molar-refractivity contribution in [3.8, 4) is 0 Å². The highest BCUT2D eigenvalue weighted by Gasteiger charge is 2.33. The maximum Gasteiger partial charge on any atom is 0.226 e. The third-order valence-corrected chi connectivity index (χ3v) is 2.81. The largest absolute Gasteiger partial charge is 0.352 e. The molecule has 0 spiro atoms. The number of carbonyl (C=O) groups is 1. The summed E-state index contributed by atoms with van der Waals surface area (Å²) in [7, 11) is 0. The highest BCUT2D eigenvalue weighted by atomic mass is 16.2. The third-order valence-electron chi connectivity index (χ3n) is 2.81. The average molecular weight is 196 g/mol. The summed E-state index contributed by atoms with van der Waals surface area (Å²) in [6.07, 6.45) is 1.85. The molecule has 0 unspecified atom stereocenters. The number of piperidine rings is 1. The normalized spacial score (nSPS) is 20.1. The Morgan fingerprint density at radius 1 is 1.50 bits per heavy atom. The van der Waals surface area contributed by atoms with E-state index in [-0.39, 0.29) is 11.3 Å². The molecule has 1 aliphatic rings. The molecule has 0 saturated carbocycles. The molecular formula is C11H20N2O. The van der Waals surface area contributed by atoms with Crippen LogP contribution in [0.1, 0.15) is 26.7 Å². The summed E-state index contributed by atoms with van der Waals surface area (Å²) in [5.74, 6) is 0.169. The van der Waals surface area contributed by atoms with Crippen molar-refractivity contribution in [3.63, 3.8) is 0 Å². The standard InChI is InChI=1S/C11H20N2O/c1-9(2)8-13-10(14)11(3)4-6-12-7-5-11/h12H,1,4-8H2,2-3H3,(H,13,14). The first-order chi connectivity index (χ1) is 6.54. The molecule has 0 radical (unpaired) electrons. The average Bonchev–Trinajstić information content (AvgIpc) is 2.15. The summed E-state index contributed by atoms with van der Waals surface area (Å²) in [6, 6.07) is 0. The molecule has 0 aromatic heterocycles. The number of rotatable bonds is 3. The molecule has 3 nitrogen and oxygen atoms in total. The van der Waals surface area contributed by atoms with Crippen molar-refractivity contribution in [3.05, 3.63) is 12.2 Å². The third kappa shape index (κ3) is 2.84. The minimum atomic E-state index is -0.180. The van der Waals surface area contributed by atoms with E-state index in [9.17, 15) is 4.79 Å². The molecule has 80 valence electrons. The van der Waals surface area contributed by atoms with Crippen molar-refractivity contribution in [2.75, 3.05) is 19.6 Å². The molecule has 2 N–H and O–H groups in total. The summed E-state index contributed by atoms with van der Waals surface area (Å²) >= 11 is 0. The lowest BCUT2D eigenvalue weighted by atomic mass is 9.80. The van der Waals surface area contributed by atoms with Gasteiger partial charge in [-0.25, -0.2) is 0 Å². The number of carbonyl (C=O) groups excluding carboxylic acids is 1. The molecule has 1 saturated heterocycles. The van der Waals surface area contributed by atoms with E-state index in [2.05, 4.69) is 17.2 Å². The van der Waals surface area contributed by atoms with Crippen LogP contribution in [0.3, 0.4) is 0 Å². The maximum atomic E-state index is 11.8. The molecule has 3 heteroatoms. The predicted molar refractivity (Wildman–Crippen MR) is 58.0 cm³/mol. The Labute approximate surface area is 86.0 Å². The van der Waals surface area contributed by atoms with Crippen LogP contribution >= 0.6 is 0 Å². The van der Waals surface area contributed by atoms with Gasteiger partial charge in [0, 0.05) is 12.0 Å². The fourth-order valence-electron chi connectivity index (χ4n) is 1.65. The minimum Gasteiger partial charge on any atom is -0.352 e. The first-order valence-corrected chi connectivity index (χ1v) is 5.18. The van der Waals surface area contributed by atoms with E-state index in [1.807, 2.05) is 13.8 Å². The summed E-state index contributed by atoms with van der Waals surface area (Å²) in [4.78, 5) is 11.8. The molecule has 1 rings (SSSR count). The van der Waals surface area contributed by atoms with E-state index < -0.39 is 0 Å². The van der Waals surface area contributed by atoms with Crippen molar-refractivity contribution >= 4 is 5.91 Å². The van der Waals surface area contributed by atoms with Crippen LogP contribution in [0.4, 0.5) is 0 Å².